The summed E-state index contributed by atoms with van der Waals surface area (Å²) < 4.78 is 12.3. The van der Waals surface area contributed by atoms with Crippen molar-refractivity contribution in [3.8, 4) is 0 Å². The predicted octanol–water partition coefficient (Wildman–Crippen LogP) is 12.6. The van der Waals surface area contributed by atoms with Crippen LogP contribution in [0.2, 0.25) is 0 Å². The van der Waals surface area contributed by atoms with Gasteiger partial charge in [-0.25, -0.2) is 0 Å². The first-order valence-electron chi connectivity index (χ1n) is 23.6. The SMILES string of the molecule is CCCCCC=CCC=CCCCCCCCCCCOC[C@@H]1CN(C(=O)[C@@H](N)CN)C[C@H]1COCCCCCCCCCCC=CCC=CCCCCC. The number of hydrogen-bond acceptors (Lipinski definition) is 5. The molecule has 1 rings (SSSR count). The standard InChI is InChI=1S/C49H91N3O3/c1-3-5-7-9-11-13-15-17-19-21-23-25-27-29-31-33-35-37-39-54-44-46-42-52(49(53)48(51)41-50)43-47(46)45-55-40-38-36-34-32-30-28-26-24-22-20-18-16-14-12-10-8-6-4-2/h11-14,17-20,46-48H,3-10,15-16,21-45,50-51H2,1-2H3/t46-,47-,48-/m0/s1. The molecule has 0 unspecified atom stereocenters. The topological polar surface area (TPSA) is 90.8 Å². The fourth-order valence-corrected chi connectivity index (χ4v) is 7.39. The molecule has 6 heteroatoms. The van der Waals surface area contributed by atoms with Crippen LogP contribution in [-0.2, 0) is 14.3 Å². The van der Waals surface area contributed by atoms with Gasteiger partial charge < -0.3 is 25.8 Å². The molecule has 1 heterocycles. The molecule has 0 aromatic heterocycles. The molecule has 0 spiro atoms. The number of nitrogens with two attached hydrogens (primary N) is 2. The maximum atomic E-state index is 12.8. The molecule has 1 aliphatic heterocycles. The molecule has 1 saturated heterocycles. The van der Waals surface area contributed by atoms with Gasteiger partial charge in [-0.1, -0.05) is 165 Å². The number of carbonyl (C=O) groups is 1. The van der Waals surface area contributed by atoms with E-state index < -0.39 is 6.04 Å². The monoisotopic (exact) mass is 770 g/mol. The lowest BCUT2D eigenvalue weighted by Crippen LogP contribution is -2.47. The Kier molecular flexibility index (Phi) is 37.7. The fourth-order valence-electron chi connectivity index (χ4n) is 7.39. The molecule has 1 fully saturated rings. The lowest BCUT2D eigenvalue weighted by Gasteiger charge is -2.20. The van der Waals surface area contributed by atoms with Gasteiger partial charge in [0.25, 0.3) is 0 Å². The number of likely N-dealkylation sites (tertiary alicyclic amines) is 1. The van der Waals surface area contributed by atoms with E-state index in [0.29, 0.717) is 38.1 Å². The van der Waals surface area contributed by atoms with Crippen LogP contribution in [0.25, 0.3) is 0 Å². The number of rotatable bonds is 40. The van der Waals surface area contributed by atoms with E-state index >= 15 is 0 Å². The summed E-state index contributed by atoms with van der Waals surface area (Å²) in [5, 5.41) is 0. The van der Waals surface area contributed by atoms with Crippen molar-refractivity contribution in [2.75, 3.05) is 46.1 Å². The lowest BCUT2D eigenvalue weighted by molar-refractivity contribution is -0.131. The fraction of sp³-hybridized carbons (Fsp3) is 0.816. The van der Waals surface area contributed by atoms with Crippen LogP contribution in [0.5, 0.6) is 0 Å². The average molecular weight is 770 g/mol. The van der Waals surface area contributed by atoms with Crippen LogP contribution in [0, 0.1) is 11.8 Å². The molecule has 3 atom stereocenters. The Labute approximate surface area is 341 Å². The van der Waals surface area contributed by atoms with Crippen LogP contribution in [-0.4, -0.2) is 62.9 Å². The number of carbonyl (C=O) groups excluding carboxylic acids is 1. The first-order chi connectivity index (χ1) is 27.1. The summed E-state index contributed by atoms with van der Waals surface area (Å²) in [4.78, 5) is 14.7. The van der Waals surface area contributed by atoms with Gasteiger partial charge in [0.15, 0.2) is 0 Å². The summed E-state index contributed by atoms with van der Waals surface area (Å²) in [7, 11) is 0. The third-order valence-corrected chi connectivity index (χ3v) is 11.1. The molecule has 0 radical (unpaired) electrons. The Bertz CT molecular complexity index is 884. The van der Waals surface area contributed by atoms with Crippen LogP contribution in [0.4, 0.5) is 0 Å². The highest BCUT2D eigenvalue weighted by Gasteiger charge is 2.36. The summed E-state index contributed by atoms with van der Waals surface area (Å²) in [6, 6.07) is -0.621. The first-order valence-corrected chi connectivity index (χ1v) is 23.6. The average Bonchev–Trinajstić information content (AvgIpc) is 3.61. The molecule has 1 aliphatic rings. The lowest BCUT2D eigenvalue weighted by atomic mass is 9.98. The number of ether oxygens (including phenoxy) is 2. The van der Waals surface area contributed by atoms with Gasteiger partial charge in [0.1, 0.15) is 0 Å². The van der Waals surface area contributed by atoms with Gasteiger partial charge in [0, 0.05) is 44.7 Å². The van der Waals surface area contributed by atoms with Crippen molar-refractivity contribution in [1.82, 2.24) is 4.90 Å². The maximum absolute atomic E-state index is 12.8. The highest BCUT2D eigenvalue weighted by molar-refractivity contribution is 5.82. The maximum Gasteiger partial charge on any atom is 0.240 e. The van der Waals surface area contributed by atoms with Crippen molar-refractivity contribution < 1.29 is 14.3 Å². The summed E-state index contributed by atoms with van der Waals surface area (Å²) >= 11 is 0. The molecule has 1 amide bonds. The van der Waals surface area contributed by atoms with E-state index in [1.165, 1.54) is 154 Å². The molecular weight excluding hydrogens is 679 g/mol. The number of allylic oxidation sites excluding steroid dienone is 8. The molecule has 0 saturated carbocycles. The van der Waals surface area contributed by atoms with Gasteiger partial charge in [-0.2, -0.15) is 0 Å². The van der Waals surface area contributed by atoms with E-state index in [9.17, 15) is 4.79 Å². The van der Waals surface area contributed by atoms with Crippen molar-refractivity contribution in [3.63, 3.8) is 0 Å². The van der Waals surface area contributed by atoms with Crippen molar-refractivity contribution in [1.29, 1.82) is 0 Å². The zero-order valence-electron chi connectivity index (χ0n) is 36.4. The third-order valence-electron chi connectivity index (χ3n) is 11.1. The third kappa shape index (κ3) is 32.0. The van der Waals surface area contributed by atoms with E-state index in [-0.39, 0.29) is 12.5 Å². The van der Waals surface area contributed by atoms with E-state index in [4.69, 9.17) is 20.9 Å². The Morgan fingerprint density at radius 1 is 0.527 bits per heavy atom. The molecule has 6 nitrogen and oxygen atoms in total. The van der Waals surface area contributed by atoms with Gasteiger partial charge in [-0.05, 0) is 77.0 Å². The number of amides is 1. The van der Waals surface area contributed by atoms with Crippen molar-refractivity contribution in [3.05, 3.63) is 48.6 Å². The van der Waals surface area contributed by atoms with Crippen molar-refractivity contribution in [2.24, 2.45) is 23.3 Å². The second kappa shape index (κ2) is 40.5. The van der Waals surface area contributed by atoms with E-state index in [1.54, 1.807) is 0 Å². The van der Waals surface area contributed by atoms with Crippen LogP contribution >= 0.6 is 0 Å². The van der Waals surface area contributed by atoms with Gasteiger partial charge in [-0.15, -0.1) is 0 Å². The van der Waals surface area contributed by atoms with Crippen LogP contribution in [0.15, 0.2) is 48.6 Å². The van der Waals surface area contributed by atoms with Crippen molar-refractivity contribution in [2.45, 2.75) is 200 Å². The quantitative estimate of drug-likeness (QED) is 0.0478. The molecule has 0 bridgehead atoms. The van der Waals surface area contributed by atoms with E-state index in [0.717, 1.165) is 38.9 Å². The van der Waals surface area contributed by atoms with Crippen LogP contribution in [0.3, 0.4) is 0 Å². The second-order valence-electron chi connectivity index (χ2n) is 16.3. The minimum absolute atomic E-state index is 0.0372. The van der Waals surface area contributed by atoms with Gasteiger partial charge in [0.2, 0.25) is 5.91 Å². The molecule has 320 valence electrons. The highest BCUT2D eigenvalue weighted by atomic mass is 16.5. The molecule has 55 heavy (non-hydrogen) atoms. The Balaban J connectivity index is 2.07. The minimum Gasteiger partial charge on any atom is -0.381 e. The van der Waals surface area contributed by atoms with Gasteiger partial charge in [-0.3, -0.25) is 4.79 Å². The van der Waals surface area contributed by atoms with Crippen molar-refractivity contribution >= 4 is 5.91 Å². The van der Waals surface area contributed by atoms with Gasteiger partial charge in [0.05, 0.1) is 19.3 Å². The zero-order chi connectivity index (χ0) is 39.7. The largest absolute Gasteiger partial charge is 0.381 e. The van der Waals surface area contributed by atoms with Gasteiger partial charge >= 0.3 is 0 Å². The van der Waals surface area contributed by atoms with E-state index in [2.05, 4.69) is 62.5 Å². The first kappa shape index (κ1) is 51.3. The summed E-state index contributed by atoms with van der Waals surface area (Å²) in [6.07, 6.45) is 54.4. The summed E-state index contributed by atoms with van der Waals surface area (Å²) in [5.74, 6) is 0.552. The van der Waals surface area contributed by atoms with Crippen LogP contribution < -0.4 is 11.5 Å². The Morgan fingerprint density at radius 3 is 1.20 bits per heavy atom. The van der Waals surface area contributed by atoms with Crippen LogP contribution in [0.1, 0.15) is 194 Å². The molecular formula is C49H91N3O3. The highest BCUT2D eigenvalue weighted by Crippen LogP contribution is 2.25. The predicted molar refractivity (Wildman–Crippen MR) is 239 cm³/mol. The number of hydrogen-bond donors (Lipinski definition) is 2. The minimum atomic E-state index is -0.621. The molecule has 0 aliphatic carbocycles. The summed E-state index contributed by atoms with van der Waals surface area (Å²) in [6.45, 7) is 9.06. The molecule has 4 N–H and O–H groups in total. The second-order valence-corrected chi connectivity index (χ2v) is 16.3. The normalized spacial score (nSPS) is 17.0. The van der Waals surface area contributed by atoms with E-state index in [1.807, 2.05) is 4.90 Å². The Hall–Kier alpha value is -1.73. The zero-order valence-corrected chi connectivity index (χ0v) is 36.4. The summed E-state index contributed by atoms with van der Waals surface area (Å²) in [5.41, 5.74) is 11.7. The smallest absolute Gasteiger partial charge is 0.240 e. The molecule has 0 aromatic carbocycles. The number of nitrogens with zero attached hydrogens (tertiary/aromatic N) is 1. The number of unbranched alkanes of at least 4 members (excludes halogenated alkanes) is 22. The molecule has 0 aromatic rings. The Morgan fingerprint density at radius 2 is 0.855 bits per heavy atom.